The molecule has 1 aromatic carbocycles. The first-order valence-electron chi connectivity index (χ1n) is 4.42. The van der Waals surface area contributed by atoms with Gasteiger partial charge in [0.25, 0.3) is 0 Å². The predicted molar refractivity (Wildman–Crippen MR) is 67.6 cm³/mol. The molecule has 4 heteroatoms. The van der Waals surface area contributed by atoms with Crippen LogP contribution < -0.4 is 10.5 Å². The number of ether oxygens (including phenoxy) is 1. The van der Waals surface area contributed by atoms with Gasteiger partial charge >= 0.3 is 0 Å². The van der Waals surface area contributed by atoms with Gasteiger partial charge in [-0.05, 0) is 54.9 Å². The van der Waals surface area contributed by atoms with Crippen LogP contribution in [0.2, 0.25) is 0 Å². The number of hydrogen-bond acceptors (Lipinski definition) is 3. The second-order valence-electron chi connectivity index (χ2n) is 3.34. The quantitative estimate of drug-likeness (QED) is 0.681. The molecule has 0 fully saturated rings. The molecule has 3 nitrogen and oxygen atoms in total. The van der Waals surface area contributed by atoms with Crippen LogP contribution in [0.25, 0.3) is 0 Å². The molecule has 14 heavy (non-hydrogen) atoms. The zero-order valence-corrected chi connectivity index (χ0v) is 10.6. The third kappa shape index (κ3) is 3.71. The number of anilines is 1. The van der Waals surface area contributed by atoms with Crippen molar-refractivity contribution < 1.29 is 4.74 Å². The van der Waals surface area contributed by atoms with Crippen molar-refractivity contribution in [1.82, 2.24) is 4.90 Å². The van der Waals surface area contributed by atoms with E-state index in [-0.39, 0.29) is 0 Å². The van der Waals surface area contributed by atoms with E-state index in [2.05, 4.69) is 27.5 Å². The van der Waals surface area contributed by atoms with Crippen molar-refractivity contribution in [3.63, 3.8) is 0 Å². The van der Waals surface area contributed by atoms with E-state index in [0.29, 0.717) is 6.61 Å². The number of nitrogens with two attached hydrogens (primary N) is 1. The number of rotatable bonds is 4. The molecule has 78 valence electrons. The molecule has 0 aromatic heterocycles. The van der Waals surface area contributed by atoms with Gasteiger partial charge in [-0.1, -0.05) is 0 Å². The minimum atomic E-state index is 0.701. The van der Waals surface area contributed by atoms with E-state index in [1.165, 1.54) is 0 Å². The van der Waals surface area contributed by atoms with Crippen LogP contribution in [0.5, 0.6) is 5.75 Å². The zero-order valence-electron chi connectivity index (χ0n) is 8.46. The van der Waals surface area contributed by atoms with E-state index in [9.17, 15) is 0 Å². The average Bonchev–Trinajstić information content (AvgIpc) is 2.08. The van der Waals surface area contributed by atoms with Gasteiger partial charge in [-0.2, -0.15) is 0 Å². The Balaban J connectivity index is 2.51. The Bertz CT molecular complexity index is 302. The van der Waals surface area contributed by atoms with Crippen LogP contribution in [0.15, 0.2) is 18.2 Å². The minimum absolute atomic E-state index is 0.701. The van der Waals surface area contributed by atoms with Gasteiger partial charge in [-0.3, -0.25) is 0 Å². The summed E-state index contributed by atoms with van der Waals surface area (Å²) in [4.78, 5) is 2.09. The molecule has 0 spiro atoms. The van der Waals surface area contributed by atoms with Crippen molar-refractivity contribution >= 4 is 28.3 Å². The van der Waals surface area contributed by atoms with Crippen LogP contribution in [0, 0.1) is 3.57 Å². The van der Waals surface area contributed by atoms with Crippen molar-refractivity contribution in [2.24, 2.45) is 0 Å². The fourth-order valence-corrected chi connectivity index (χ4v) is 1.67. The van der Waals surface area contributed by atoms with Gasteiger partial charge in [0.2, 0.25) is 0 Å². The largest absolute Gasteiger partial charge is 0.491 e. The monoisotopic (exact) mass is 306 g/mol. The van der Waals surface area contributed by atoms with Crippen LogP contribution in [0.4, 0.5) is 5.69 Å². The summed E-state index contributed by atoms with van der Waals surface area (Å²) >= 11 is 2.22. The first-order valence-corrected chi connectivity index (χ1v) is 5.50. The lowest BCUT2D eigenvalue weighted by molar-refractivity contribution is 0.260. The molecule has 0 radical (unpaired) electrons. The molecule has 1 rings (SSSR count). The second-order valence-corrected chi connectivity index (χ2v) is 4.50. The van der Waals surface area contributed by atoms with E-state index in [1.54, 1.807) is 0 Å². The fraction of sp³-hybridized carbons (Fsp3) is 0.400. The van der Waals surface area contributed by atoms with Crippen molar-refractivity contribution in [2.75, 3.05) is 33.0 Å². The number of hydrogen-bond donors (Lipinski definition) is 1. The number of likely N-dealkylation sites (N-methyl/N-ethyl adjacent to an activating group) is 1. The van der Waals surface area contributed by atoms with Crippen LogP contribution in [-0.4, -0.2) is 32.1 Å². The first kappa shape index (κ1) is 11.6. The Morgan fingerprint density at radius 2 is 2.14 bits per heavy atom. The molecule has 0 saturated carbocycles. The summed E-state index contributed by atoms with van der Waals surface area (Å²) in [6.07, 6.45) is 0. The highest BCUT2D eigenvalue weighted by molar-refractivity contribution is 14.1. The summed E-state index contributed by atoms with van der Waals surface area (Å²) in [5, 5.41) is 0. The van der Waals surface area contributed by atoms with E-state index in [1.807, 2.05) is 32.3 Å². The second kappa shape index (κ2) is 5.41. The summed E-state index contributed by atoms with van der Waals surface area (Å²) in [7, 11) is 4.05. The molecular formula is C10H15IN2O. The van der Waals surface area contributed by atoms with Gasteiger partial charge in [0.15, 0.2) is 0 Å². The molecule has 0 amide bonds. The summed E-state index contributed by atoms with van der Waals surface area (Å²) < 4.78 is 6.65. The molecule has 2 N–H and O–H groups in total. The van der Waals surface area contributed by atoms with Crippen LogP contribution in [0.3, 0.4) is 0 Å². The van der Waals surface area contributed by atoms with Gasteiger partial charge in [0, 0.05) is 12.2 Å². The van der Waals surface area contributed by atoms with Gasteiger partial charge in [0.1, 0.15) is 12.4 Å². The lowest BCUT2D eigenvalue weighted by Gasteiger charge is -2.12. The van der Waals surface area contributed by atoms with Crippen molar-refractivity contribution in [2.45, 2.75) is 0 Å². The van der Waals surface area contributed by atoms with E-state index in [0.717, 1.165) is 21.6 Å². The predicted octanol–water partition coefficient (Wildman–Crippen LogP) is 1.81. The smallest absolute Gasteiger partial charge is 0.132 e. The molecule has 0 saturated heterocycles. The molecular weight excluding hydrogens is 291 g/mol. The van der Waals surface area contributed by atoms with Crippen LogP contribution in [0.1, 0.15) is 0 Å². The maximum atomic E-state index is 5.64. The topological polar surface area (TPSA) is 38.5 Å². The fourth-order valence-electron chi connectivity index (χ4n) is 0.972. The number of nitrogen functional groups attached to an aromatic ring is 1. The zero-order chi connectivity index (χ0) is 10.6. The first-order chi connectivity index (χ1) is 6.59. The van der Waals surface area contributed by atoms with E-state index in [4.69, 9.17) is 10.5 Å². The Hall–Kier alpha value is -0.490. The molecule has 0 aliphatic carbocycles. The average molecular weight is 306 g/mol. The Kier molecular flexibility index (Phi) is 4.47. The lowest BCUT2D eigenvalue weighted by Crippen LogP contribution is -2.19. The maximum absolute atomic E-state index is 5.64. The van der Waals surface area contributed by atoms with E-state index < -0.39 is 0 Å². The van der Waals surface area contributed by atoms with Crippen molar-refractivity contribution in [3.05, 3.63) is 21.8 Å². The normalized spacial score (nSPS) is 10.6. The number of halogens is 1. The summed E-state index contributed by atoms with van der Waals surface area (Å²) in [5.41, 5.74) is 6.41. The highest BCUT2D eigenvalue weighted by atomic mass is 127. The minimum Gasteiger partial charge on any atom is -0.491 e. The highest BCUT2D eigenvalue weighted by Crippen LogP contribution is 2.22. The standard InChI is InChI=1S/C10H15IN2O/c1-13(2)5-6-14-10-4-3-8(12)7-9(10)11/h3-4,7H,5-6,12H2,1-2H3. The van der Waals surface area contributed by atoms with E-state index >= 15 is 0 Å². The van der Waals surface area contributed by atoms with Crippen LogP contribution in [-0.2, 0) is 0 Å². The summed E-state index contributed by atoms with van der Waals surface area (Å²) in [6, 6.07) is 5.67. The third-order valence-corrected chi connectivity index (χ3v) is 2.60. The van der Waals surface area contributed by atoms with Gasteiger partial charge < -0.3 is 15.4 Å². The summed E-state index contributed by atoms with van der Waals surface area (Å²) in [5.74, 6) is 0.904. The maximum Gasteiger partial charge on any atom is 0.132 e. The van der Waals surface area contributed by atoms with Gasteiger partial charge in [-0.25, -0.2) is 0 Å². The Morgan fingerprint density at radius 3 is 2.71 bits per heavy atom. The highest BCUT2D eigenvalue weighted by Gasteiger charge is 2.00. The molecule has 0 unspecified atom stereocenters. The Morgan fingerprint density at radius 1 is 1.43 bits per heavy atom. The molecule has 0 bridgehead atoms. The third-order valence-electron chi connectivity index (χ3n) is 1.75. The Labute approximate surface area is 98.4 Å². The van der Waals surface area contributed by atoms with Gasteiger partial charge in [-0.15, -0.1) is 0 Å². The van der Waals surface area contributed by atoms with Crippen LogP contribution >= 0.6 is 22.6 Å². The van der Waals surface area contributed by atoms with Crippen molar-refractivity contribution in [3.8, 4) is 5.75 Å². The molecule has 0 aliphatic heterocycles. The summed E-state index contributed by atoms with van der Waals surface area (Å²) in [6.45, 7) is 1.62. The van der Waals surface area contributed by atoms with Crippen molar-refractivity contribution in [1.29, 1.82) is 0 Å². The number of nitrogens with zero attached hydrogens (tertiary/aromatic N) is 1. The molecule has 0 atom stereocenters. The number of benzene rings is 1. The molecule has 1 aromatic rings. The lowest BCUT2D eigenvalue weighted by atomic mass is 10.3. The SMILES string of the molecule is CN(C)CCOc1ccc(N)cc1I. The molecule has 0 aliphatic rings. The molecule has 0 heterocycles. The van der Waals surface area contributed by atoms with Gasteiger partial charge in [0.05, 0.1) is 3.57 Å².